The van der Waals surface area contributed by atoms with Gasteiger partial charge in [0.1, 0.15) is 48.8 Å². The summed E-state index contributed by atoms with van der Waals surface area (Å²) in [6.07, 6.45) is 36.4. The largest absolute Gasteiger partial charge is 0.394 e. The first-order valence-electron chi connectivity index (χ1n) is 29.2. The Morgan fingerprint density at radius 3 is 1.35 bits per heavy atom. The molecule has 0 bridgehead atoms. The van der Waals surface area contributed by atoms with E-state index in [1.165, 1.54) is 154 Å². The molecule has 2 aliphatic heterocycles. The molecule has 0 spiro atoms. The Balaban J connectivity index is 1.71. The third kappa shape index (κ3) is 30.1. The molecule has 0 aromatic heterocycles. The first-order valence-corrected chi connectivity index (χ1v) is 29.2. The van der Waals surface area contributed by atoms with Crippen molar-refractivity contribution in [2.75, 3.05) is 19.8 Å². The first kappa shape index (κ1) is 66.3. The van der Waals surface area contributed by atoms with Crippen LogP contribution in [-0.4, -0.2) is 140 Å². The number of hydrogen-bond acceptors (Lipinski definition) is 13. The van der Waals surface area contributed by atoms with Crippen molar-refractivity contribution in [3.8, 4) is 0 Å². The molecule has 14 nitrogen and oxygen atoms in total. The van der Waals surface area contributed by atoms with Crippen LogP contribution in [0.3, 0.4) is 0 Å². The molecule has 0 saturated carbocycles. The van der Waals surface area contributed by atoms with Crippen molar-refractivity contribution >= 4 is 5.91 Å². The number of aliphatic hydroxyl groups is 8. The van der Waals surface area contributed by atoms with E-state index >= 15 is 0 Å². The maximum atomic E-state index is 13.2. The molecule has 14 heteroatoms. The Morgan fingerprint density at radius 2 is 0.889 bits per heavy atom. The van der Waals surface area contributed by atoms with E-state index in [0.717, 1.165) is 44.9 Å². The minimum Gasteiger partial charge on any atom is -0.394 e. The van der Waals surface area contributed by atoms with Gasteiger partial charge in [-0.1, -0.05) is 224 Å². The predicted octanol–water partition coefficient (Wildman–Crippen LogP) is 9.44. The molecule has 0 aliphatic carbocycles. The number of carbonyl (C=O) groups excluding carboxylic acids is 1. The SMILES string of the molecule is CCCC/C=C/CC/C=C/CC/C=C/C(O)C(COC1OC(CO)C(OC2OC(CO)C(O)C(O)C2O)C(O)C1O)NC(=O)CCCCCCCCCCCCCCCCCCCCCCCCCCCC. The topological polar surface area (TPSA) is 228 Å². The van der Waals surface area contributed by atoms with E-state index in [1.54, 1.807) is 6.08 Å². The molecular formula is C58H107NO13. The van der Waals surface area contributed by atoms with Gasteiger partial charge in [0.15, 0.2) is 12.6 Å². The van der Waals surface area contributed by atoms with Gasteiger partial charge in [-0.2, -0.15) is 0 Å². The number of carbonyl (C=O) groups is 1. The second kappa shape index (κ2) is 44.3. The zero-order valence-corrected chi connectivity index (χ0v) is 45.2. The maximum Gasteiger partial charge on any atom is 0.220 e. The van der Waals surface area contributed by atoms with Crippen LogP contribution in [0.1, 0.15) is 232 Å². The number of rotatable bonds is 46. The van der Waals surface area contributed by atoms with Crippen LogP contribution in [0.15, 0.2) is 36.5 Å². The minimum atomic E-state index is -1.79. The highest BCUT2D eigenvalue weighted by Crippen LogP contribution is 2.30. The summed E-state index contributed by atoms with van der Waals surface area (Å²) in [5.41, 5.74) is 0. The number of unbranched alkanes of at least 4 members (excludes halogenated alkanes) is 29. The highest BCUT2D eigenvalue weighted by atomic mass is 16.7. The Hall–Kier alpha value is -1.79. The second-order valence-electron chi connectivity index (χ2n) is 20.8. The standard InChI is InChI=1S/C58H107NO13/c1-3-5-7-9-11-13-15-17-18-19-20-21-22-23-24-25-26-27-28-29-30-32-34-36-38-40-42-50(63)59-46(47(62)41-39-37-35-33-31-16-14-12-10-8-6-4-2)45-69-57-55(68)53(66)56(49(44-61)71-57)72-58-54(67)52(65)51(64)48(43-60)70-58/h10,12,31,33,39,41,46-49,51-58,60-62,64-68H,3-9,11,13-30,32,34-38,40,42-45H2,1-2H3,(H,59,63)/b12-10+,33-31+,41-39+. The van der Waals surface area contributed by atoms with Gasteiger partial charge < -0.3 is 65.1 Å². The van der Waals surface area contributed by atoms with E-state index in [2.05, 4.69) is 43.5 Å². The fraction of sp³-hybridized carbons (Fsp3) is 0.879. The zero-order valence-electron chi connectivity index (χ0n) is 45.2. The lowest BCUT2D eigenvalue weighted by atomic mass is 9.97. The third-order valence-corrected chi connectivity index (χ3v) is 14.3. The van der Waals surface area contributed by atoms with Crippen molar-refractivity contribution < 1.29 is 64.6 Å². The molecule has 12 atom stereocenters. The number of aliphatic hydroxyl groups excluding tert-OH is 8. The zero-order chi connectivity index (χ0) is 52.4. The van der Waals surface area contributed by atoms with Crippen LogP contribution >= 0.6 is 0 Å². The second-order valence-corrected chi connectivity index (χ2v) is 20.8. The summed E-state index contributed by atoms with van der Waals surface area (Å²) in [6, 6.07) is -0.934. The lowest BCUT2D eigenvalue weighted by molar-refractivity contribution is -0.359. The molecule has 2 saturated heterocycles. The van der Waals surface area contributed by atoms with Crippen LogP contribution in [0.4, 0.5) is 0 Å². The number of amides is 1. The third-order valence-electron chi connectivity index (χ3n) is 14.3. The summed E-state index contributed by atoms with van der Waals surface area (Å²) in [4.78, 5) is 13.2. The summed E-state index contributed by atoms with van der Waals surface area (Å²) in [5, 5.41) is 86.8. The quantitative estimate of drug-likeness (QED) is 0.0205. The smallest absolute Gasteiger partial charge is 0.220 e. The van der Waals surface area contributed by atoms with Crippen LogP contribution in [0, 0.1) is 0 Å². The molecule has 2 heterocycles. The van der Waals surface area contributed by atoms with Crippen LogP contribution in [0.25, 0.3) is 0 Å². The van der Waals surface area contributed by atoms with Gasteiger partial charge >= 0.3 is 0 Å². The average Bonchev–Trinajstić information content (AvgIpc) is 3.38. The van der Waals surface area contributed by atoms with Crippen molar-refractivity contribution in [2.24, 2.45) is 0 Å². The molecule has 0 radical (unpaired) electrons. The van der Waals surface area contributed by atoms with Gasteiger partial charge in [-0.25, -0.2) is 0 Å². The van der Waals surface area contributed by atoms with Crippen molar-refractivity contribution in [1.82, 2.24) is 5.32 Å². The molecular weight excluding hydrogens is 919 g/mol. The van der Waals surface area contributed by atoms with E-state index in [1.807, 2.05) is 6.08 Å². The van der Waals surface area contributed by atoms with Crippen molar-refractivity contribution in [1.29, 1.82) is 0 Å². The molecule has 2 rings (SSSR count). The number of hydrogen-bond donors (Lipinski definition) is 9. The van der Waals surface area contributed by atoms with Gasteiger partial charge in [0.05, 0.1) is 32.0 Å². The van der Waals surface area contributed by atoms with E-state index in [0.29, 0.717) is 12.8 Å². The average molecular weight is 1030 g/mol. The molecule has 0 aromatic rings. The van der Waals surface area contributed by atoms with Crippen molar-refractivity contribution in [3.63, 3.8) is 0 Å². The van der Waals surface area contributed by atoms with Crippen LogP contribution in [0.2, 0.25) is 0 Å². The van der Waals surface area contributed by atoms with Gasteiger partial charge in [-0.3, -0.25) is 4.79 Å². The first-order chi connectivity index (χ1) is 35.1. The van der Waals surface area contributed by atoms with Gasteiger partial charge in [0.25, 0.3) is 0 Å². The molecule has 12 unspecified atom stereocenters. The molecule has 9 N–H and O–H groups in total. The summed E-state index contributed by atoms with van der Waals surface area (Å²) in [7, 11) is 0. The van der Waals surface area contributed by atoms with Gasteiger partial charge in [0.2, 0.25) is 5.91 Å². The van der Waals surface area contributed by atoms with Gasteiger partial charge in [0, 0.05) is 6.42 Å². The summed E-state index contributed by atoms with van der Waals surface area (Å²) < 4.78 is 22.7. The van der Waals surface area contributed by atoms with Crippen LogP contribution in [0.5, 0.6) is 0 Å². The van der Waals surface area contributed by atoms with Gasteiger partial charge in [-0.05, 0) is 38.5 Å². The van der Waals surface area contributed by atoms with Crippen molar-refractivity contribution in [3.05, 3.63) is 36.5 Å². The fourth-order valence-corrected chi connectivity index (χ4v) is 9.55. The molecule has 422 valence electrons. The van der Waals surface area contributed by atoms with Crippen LogP contribution in [-0.2, 0) is 23.7 Å². The molecule has 2 aliphatic rings. The maximum absolute atomic E-state index is 13.2. The Kier molecular flexibility index (Phi) is 40.9. The number of ether oxygens (including phenoxy) is 4. The Morgan fingerprint density at radius 1 is 0.486 bits per heavy atom. The fourth-order valence-electron chi connectivity index (χ4n) is 9.55. The van der Waals surface area contributed by atoms with E-state index in [-0.39, 0.29) is 18.9 Å². The summed E-state index contributed by atoms with van der Waals surface area (Å²) in [6.45, 7) is 2.73. The minimum absolute atomic E-state index is 0.251. The highest BCUT2D eigenvalue weighted by molar-refractivity contribution is 5.76. The number of nitrogens with one attached hydrogen (secondary N) is 1. The predicted molar refractivity (Wildman–Crippen MR) is 286 cm³/mol. The Bertz CT molecular complexity index is 1350. The Labute approximate surface area is 436 Å². The van der Waals surface area contributed by atoms with E-state index in [4.69, 9.17) is 18.9 Å². The molecule has 2 fully saturated rings. The lowest BCUT2D eigenvalue weighted by Crippen LogP contribution is -2.65. The van der Waals surface area contributed by atoms with Crippen molar-refractivity contribution in [2.45, 2.75) is 306 Å². The van der Waals surface area contributed by atoms with E-state index in [9.17, 15) is 45.6 Å². The molecule has 72 heavy (non-hydrogen) atoms. The normalized spacial score (nSPS) is 25.8. The number of allylic oxidation sites excluding steroid dienone is 5. The van der Waals surface area contributed by atoms with Crippen LogP contribution < -0.4 is 5.32 Å². The summed E-state index contributed by atoms with van der Waals surface area (Å²) >= 11 is 0. The lowest BCUT2D eigenvalue weighted by Gasteiger charge is -2.46. The monoisotopic (exact) mass is 1030 g/mol. The molecule has 0 aromatic carbocycles. The highest BCUT2D eigenvalue weighted by Gasteiger charge is 2.51. The van der Waals surface area contributed by atoms with Gasteiger partial charge in [-0.15, -0.1) is 0 Å². The summed E-state index contributed by atoms with van der Waals surface area (Å²) in [5.74, 6) is -0.251. The molecule has 1 amide bonds. The van der Waals surface area contributed by atoms with E-state index < -0.39 is 86.8 Å².